The van der Waals surface area contributed by atoms with Gasteiger partial charge in [0.05, 0.1) is 17.8 Å². The predicted molar refractivity (Wildman–Crippen MR) is 136 cm³/mol. The number of para-hydroxylation sites is 1. The molecule has 174 valence electrons. The molecule has 35 heavy (non-hydrogen) atoms. The van der Waals surface area contributed by atoms with Gasteiger partial charge in [0.15, 0.2) is 0 Å². The summed E-state index contributed by atoms with van der Waals surface area (Å²) in [6, 6.07) is 33.0. The molecule has 1 heterocycles. The van der Waals surface area contributed by atoms with Crippen molar-refractivity contribution in [2.24, 2.45) is 0 Å². The van der Waals surface area contributed by atoms with Gasteiger partial charge in [0.25, 0.3) is 0 Å². The zero-order chi connectivity index (χ0) is 24.0. The highest BCUT2D eigenvalue weighted by atomic mass is 16.5. The van der Waals surface area contributed by atoms with Crippen LogP contribution in [0.4, 0.5) is 0 Å². The smallest absolute Gasteiger partial charge is 0.130 e. The number of hydrogen-bond donors (Lipinski definition) is 2. The third kappa shape index (κ3) is 5.60. The van der Waals surface area contributed by atoms with Gasteiger partial charge in [-0.2, -0.15) is 0 Å². The maximum Gasteiger partial charge on any atom is 0.130 e. The minimum absolute atomic E-state index is 0.0721. The SMILES string of the molecule is OCc1cc(O)cc(OCc2ccc(-c3ccc(OCc4ccc5ccccc5n4)cc3)cc2)c1. The average Bonchev–Trinajstić information content (AvgIpc) is 2.91. The van der Waals surface area contributed by atoms with E-state index in [9.17, 15) is 10.2 Å². The number of fused-ring (bicyclic) bond motifs is 1. The van der Waals surface area contributed by atoms with Gasteiger partial charge in [-0.25, -0.2) is 4.98 Å². The fraction of sp³-hybridized carbons (Fsp3) is 0.100. The zero-order valence-corrected chi connectivity index (χ0v) is 19.1. The summed E-state index contributed by atoms with van der Waals surface area (Å²) in [5, 5.41) is 20.1. The molecular weight excluding hydrogens is 438 g/mol. The van der Waals surface area contributed by atoms with Crippen LogP contribution < -0.4 is 9.47 Å². The van der Waals surface area contributed by atoms with Crippen molar-refractivity contribution in [3.63, 3.8) is 0 Å². The summed E-state index contributed by atoms with van der Waals surface area (Å²) in [5.41, 5.74) is 5.66. The highest BCUT2D eigenvalue weighted by Gasteiger charge is 2.04. The largest absolute Gasteiger partial charge is 0.508 e. The third-order valence-corrected chi connectivity index (χ3v) is 5.72. The molecule has 0 bridgehead atoms. The molecule has 0 radical (unpaired) electrons. The van der Waals surface area contributed by atoms with E-state index in [0.717, 1.165) is 39.0 Å². The molecule has 5 rings (SSSR count). The first-order valence-electron chi connectivity index (χ1n) is 11.4. The number of aliphatic hydroxyl groups is 1. The van der Waals surface area contributed by atoms with Crippen LogP contribution in [-0.4, -0.2) is 15.2 Å². The molecule has 0 atom stereocenters. The van der Waals surface area contributed by atoms with E-state index in [1.54, 1.807) is 6.07 Å². The second kappa shape index (κ2) is 10.3. The number of phenolic OH excluding ortho intramolecular Hbond substituents is 1. The summed E-state index contributed by atoms with van der Waals surface area (Å²) >= 11 is 0. The number of pyridine rings is 1. The molecule has 1 aromatic heterocycles. The molecular formula is C30H25NO4. The number of aromatic nitrogens is 1. The molecule has 4 aromatic carbocycles. The first-order chi connectivity index (χ1) is 17.2. The number of phenols is 1. The molecule has 5 nitrogen and oxygen atoms in total. The molecule has 0 amide bonds. The van der Waals surface area contributed by atoms with Crippen LogP contribution in [0.15, 0.2) is 103 Å². The molecule has 5 heteroatoms. The number of rotatable bonds is 8. The van der Waals surface area contributed by atoms with Crippen molar-refractivity contribution in [3.8, 4) is 28.4 Å². The highest BCUT2D eigenvalue weighted by Crippen LogP contribution is 2.25. The first-order valence-corrected chi connectivity index (χ1v) is 11.4. The molecule has 0 aliphatic rings. The van der Waals surface area contributed by atoms with Crippen molar-refractivity contribution in [1.29, 1.82) is 0 Å². The minimum Gasteiger partial charge on any atom is -0.508 e. The highest BCUT2D eigenvalue weighted by molar-refractivity contribution is 5.78. The van der Waals surface area contributed by atoms with Crippen molar-refractivity contribution in [3.05, 3.63) is 120 Å². The van der Waals surface area contributed by atoms with Crippen molar-refractivity contribution >= 4 is 10.9 Å². The normalized spacial score (nSPS) is 10.9. The number of ether oxygens (including phenoxy) is 2. The van der Waals surface area contributed by atoms with Crippen LogP contribution in [0, 0.1) is 0 Å². The van der Waals surface area contributed by atoms with E-state index in [1.165, 1.54) is 12.1 Å². The van der Waals surface area contributed by atoms with Crippen LogP contribution in [0.5, 0.6) is 17.2 Å². The number of benzene rings is 4. The van der Waals surface area contributed by atoms with Crippen LogP contribution >= 0.6 is 0 Å². The van der Waals surface area contributed by atoms with Gasteiger partial charge in [-0.05, 0) is 58.7 Å². The maximum absolute atomic E-state index is 9.73. The van der Waals surface area contributed by atoms with E-state index < -0.39 is 0 Å². The quantitative estimate of drug-likeness (QED) is 0.284. The monoisotopic (exact) mass is 463 g/mol. The van der Waals surface area contributed by atoms with Crippen molar-refractivity contribution in [2.75, 3.05) is 0 Å². The van der Waals surface area contributed by atoms with E-state index in [-0.39, 0.29) is 12.4 Å². The maximum atomic E-state index is 9.73. The summed E-state index contributed by atoms with van der Waals surface area (Å²) in [6.07, 6.45) is 0. The molecule has 0 aliphatic carbocycles. The van der Waals surface area contributed by atoms with Gasteiger partial charge < -0.3 is 19.7 Å². The molecule has 0 unspecified atom stereocenters. The number of nitrogens with zero attached hydrogens (tertiary/aromatic N) is 1. The fourth-order valence-electron chi connectivity index (χ4n) is 3.87. The van der Waals surface area contributed by atoms with E-state index in [4.69, 9.17) is 9.47 Å². The number of aliphatic hydroxyl groups excluding tert-OH is 1. The molecule has 0 aliphatic heterocycles. The minimum atomic E-state index is -0.149. The number of aromatic hydroxyl groups is 1. The Bertz CT molecular complexity index is 1430. The summed E-state index contributed by atoms with van der Waals surface area (Å²) in [4.78, 5) is 4.65. The molecule has 5 aromatic rings. The Morgan fingerprint density at radius 2 is 1.34 bits per heavy atom. The Labute approximate surface area is 203 Å². The predicted octanol–water partition coefficient (Wildman–Crippen LogP) is 6.26. The van der Waals surface area contributed by atoms with Gasteiger partial charge in [0.1, 0.15) is 30.5 Å². The molecule has 0 saturated heterocycles. The van der Waals surface area contributed by atoms with Gasteiger partial charge in [0, 0.05) is 11.5 Å². The van der Waals surface area contributed by atoms with Gasteiger partial charge in [0.2, 0.25) is 0 Å². The number of hydrogen-bond acceptors (Lipinski definition) is 5. The Morgan fingerprint density at radius 3 is 2.11 bits per heavy atom. The lowest BCUT2D eigenvalue weighted by molar-refractivity contribution is 0.276. The summed E-state index contributed by atoms with van der Waals surface area (Å²) < 4.78 is 11.7. The average molecular weight is 464 g/mol. The van der Waals surface area contributed by atoms with E-state index >= 15 is 0 Å². The summed E-state index contributed by atoms with van der Waals surface area (Å²) in [7, 11) is 0. The van der Waals surface area contributed by atoms with Crippen LogP contribution in [0.2, 0.25) is 0 Å². The zero-order valence-electron chi connectivity index (χ0n) is 19.1. The van der Waals surface area contributed by atoms with Gasteiger partial charge in [-0.15, -0.1) is 0 Å². The molecule has 2 N–H and O–H groups in total. The Kier molecular flexibility index (Phi) is 6.59. The van der Waals surface area contributed by atoms with Crippen LogP contribution in [0.25, 0.3) is 22.0 Å². The van der Waals surface area contributed by atoms with E-state index in [0.29, 0.717) is 24.5 Å². The van der Waals surface area contributed by atoms with Crippen molar-refractivity contribution < 1.29 is 19.7 Å². The topological polar surface area (TPSA) is 71.8 Å². The van der Waals surface area contributed by atoms with Gasteiger partial charge in [-0.1, -0.05) is 60.7 Å². The fourth-order valence-corrected chi connectivity index (χ4v) is 3.87. The standard InChI is InChI=1S/C30H25NO4/c32-18-22-15-27(33)17-29(16-22)34-19-21-5-7-23(8-6-21)24-10-13-28(14-11-24)35-20-26-12-9-25-3-1-2-4-30(25)31-26/h1-17,32-33H,18-20H2. The van der Waals surface area contributed by atoms with Gasteiger partial charge >= 0.3 is 0 Å². The molecule has 0 spiro atoms. The second-order valence-electron chi connectivity index (χ2n) is 8.29. The summed E-state index contributed by atoms with van der Waals surface area (Å²) in [6.45, 7) is 0.631. The Hall–Kier alpha value is -4.35. The second-order valence-corrected chi connectivity index (χ2v) is 8.29. The lowest BCUT2D eigenvalue weighted by atomic mass is 10.0. The van der Waals surface area contributed by atoms with E-state index in [1.807, 2.05) is 66.7 Å². The van der Waals surface area contributed by atoms with Crippen molar-refractivity contribution in [1.82, 2.24) is 4.98 Å². The lowest BCUT2D eigenvalue weighted by Crippen LogP contribution is -1.98. The summed E-state index contributed by atoms with van der Waals surface area (Å²) in [5.74, 6) is 1.39. The molecule has 0 fully saturated rings. The van der Waals surface area contributed by atoms with Crippen LogP contribution in [0.3, 0.4) is 0 Å². The first kappa shape index (κ1) is 22.4. The van der Waals surface area contributed by atoms with Crippen LogP contribution in [0.1, 0.15) is 16.8 Å². The van der Waals surface area contributed by atoms with Gasteiger partial charge in [-0.3, -0.25) is 0 Å². The lowest BCUT2D eigenvalue weighted by Gasteiger charge is -2.10. The van der Waals surface area contributed by atoms with Crippen LogP contribution in [-0.2, 0) is 19.8 Å². The Morgan fingerprint density at radius 1 is 0.629 bits per heavy atom. The molecule has 0 saturated carbocycles. The third-order valence-electron chi connectivity index (χ3n) is 5.72. The van der Waals surface area contributed by atoms with E-state index in [2.05, 4.69) is 23.2 Å². The van der Waals surface area contributed by atoms with Crippen molar-refractivity contribution in [2.45, 2.75) is 19.8 Å². The Balaban J connectivity index is 1.18.